The Hall–Kier alpha value is -3.73. The molecule has 3 atom stereocenters. The molecule has 1 saturated carbocycles. The highest BCUT2D eigenvalue weighted by Gasteiger charge is 2.37. The van der Waals surface area contributed by atoms with Gasteiger partial charge in [0.15, 0.2) is 5.82 Å². The Bertz CT molecular complexity index is 1280. The molecule has 10 heteroatoms. The summed E-state index contributed by atoms with van der Waals surface area (Å²) in [6.45, 7) is 3.94. The predicted molar refractivity (Wildman–Crippen MR) is 154 cm³/mol. The summed E-state index contributed by atoms with van der Waals surface area (Å²) in [7, 11) is 0. The number of rotatable bonds is 12. The van der Waals surface area contributed by atoms with Crippen molar-refractivity contribution in [2.24, 2.45) is 0 Å². The molecular formula is C31H37FN6O3. The topological polar surface area (TPSA) is 111 Å². The van der Waals surface area contributed by atoms with Crippen LogP contribution in [0, 0.1) is 5.82 Å². The van der Waals surface area contributed by atoms with Crippen molar-refractivity contribution in [3.05, 3.63) is 83.9 Å². The number of nitrogens with zero attached hydrogens (tertiary/aromatic N) is 4. The van der Waals surface area contributed by atoms with Crippen molar-refractivity contribution in [2.45, 2.75) is 37.3 Å². The molecule has 0 spiro atoms. The standard InChI is InChI=1S/C31H37FN6O3/c32-25-10-8-22(9-11-25)26-21-28(26)33-12-1-3-27(31(41)38-17-15-37(16-18-38)19-20-39)36-30(40)24-6-4-23(5-7-24)29-34-13-2-14-35-29/h2,4-11,13-14,26-28,33,39H,1,3,12,15-21H2,(H,36,40)/t26-,27?,28+/m0/s1. The minimum Gasteiger partial charge on any atom is -0.395 e. The first-order valence-electron chi connectivity index (χ1n) is 14.3. The number of carbonyl (C=O) groups excluding carboxylic acids is 2. The summed E-state index contributed by atoms with van der Waals surface area (Å²) >= 11 is 0. The van der Waals surface area contributed by atoms with Crippen molar-refractivity contribution in [1.82, 2.24) is 30.4 Å². The van der Waals surface area contributed by atoms with E-state index in [1.807, 2.05) is 17.0 Å². The van der Waals surface area contributed by atoms with Crippen LogP contribution in [-0.4, -0.2) is 94.6 Å². The molecule has 1 saturated heterocycles. The van der Waals surface area contributed by atoms with E-state index in [4.69, 9.17) is 0 Å². The summed E-state index contributed by atoms with van der Waals surface area (Å²) in [5.74, 6) is 0.360. The van der Waals surface area contributed by atoms with Crippen LogP contribution in [0.5, 0.6) is 0 Å². The van der Waals surface area contributed by atoms with Gasteiger partial charge in [-0.3, -0.25) is 14.5 Å². The van der Waals surface area contributed by atoms with E-state index in [9.17, 15) is 19.1 Å². The van der Waals surface area contributed by atoms with E-state index in [0.717, 1.165) is 30.5 Å². The van der Waals surface area contributed by atoms with E-state index in [0.29, 0.717) is 62.5 Å². The summed E-state index contributed by atoms with van der Waals surface area (Å²) in [5, 5.41) is 15.8. The van der Waals surface area contributed by atoms with Gasteiger partial charge in [-0.2, -0.15) is 0 Å². The van der Waals surface area contributed by atoms with Crippen LogP contribution in [0.25, 0.3) is 11.4 Å². The van der Waals surface area contributed by atoms with E-state index in [2.05, 4.69) is 25.5 Å². The van der Waals surface area contributed by atoms with Crippen LogP contribution in [0.2, 0.25) is 0 Å². The van der Waals surface area contributed by atoms with Gasteiger partial charge in [-0.05, 0) is 61.7 Å². The number of benzene rings is 2. The molecular weight excluding hydrogens is 523 g/mol. The molecule has 0 bridgehead atoms. The van der Waals surface area contributed by atoms with Gasteiger partial charge < -0.3 is 20.6 Å². The van der Waals surface area contributed by atoms with Crippen LogP contribution in [0.3, 0.4) is 0 Å². The van der Waals surface area contributed by atoms with Gasteiger partial charge in [0.2, 0.25) is 5.91 Å². The lowest BCUT2D eigenvalue weighted by Gasteiger charge is -2.36. The number of amides is 2. The summed E-state index contributed by atoms with van der Waals surface area (Å²) in [6, 6.07) is 15.2. The van der Waals surface area contributed by atoms with E-state index in [1.165, 1.54) is 12.1 Å². The zero-order chi connectivity index (χ0) is 28.6. The van der Waals surface area contributed by atoms with Crippen molar-refractivity contribution in [1.29, 1.82) is 0 Å². The highest BCUT2D eigenvalue weighted by Crippen LogP contribution is 2.40. The van der Waals surface area contributed by atoms with Gasteiger partial charge in [0.25, 0.3) is 5.91 Å². The third kappa shape index (κ3) is 7.72. The third-order valence-electron chi connectivity index (χ3n) is 7.84. The molecule has 2 fully saturated rings. The molecule has 5 rings (SSSR count). The molecule has 1 unspecified atom stereocenters. The normalized spacial score (nSPS) is 19.5. The lowest BCUT2D eigenvalue weighted by atomic mass is 10.1. The van der Waals surface area contributed by atoms with Crippen LogP contribution in [0.15, 0.2) is 67.0 Å². The first-order chi connectivity index (χ1) is 20.0. The number of aromatic nitrogens is 2. The maximum Gasteiger partial charge on any atom is 0.251 e. The van der Waals surface area contributed by atoms with Crippen LogP contribution in [-0.2, 0) is 4.79 Å². The maximum absolute atomic E-state index is 13.5. The van der Waals surface area contributed by atoms with Gasteiger partial charge in [0.05, 0.1) is 6.61 Å². The smallest absolute Gasteiger partial charge is 0.251 e. The first kappa shape index (κ1) is 28.8. The van der Waals surface area contributed by atoms with Crippen LogP contribution < -0.4 is 10.6 Å². The average molecular weight is 561 g/mol. The molecule has 1 aromatic heterocycles. The van der Waals surface area contributed by atoms with Crippen LogP contribution in [0.4, 0.5) is 4.39 Å². The molecule has 41 heavy (non-hydrogen) atoms. The molecule has 3 N–H and O–H groups in total. The Balaban J connectivity index is 1.17. The molecule has 2 aliphatic rings. The summed E-state index contributed by atoms with van der Waals surface area (Å²) < 4.78 is 13.2. The number of carbonyl (C=O) groups is 2. The minimum absolute atomic E-state index is 0.0769. The molecule has 216 valence electrons. The number of aliphatic hydroxyl groups is 1. The summed E-state index contributed by atoms with van der Waals surface area (Å²) in [5.41, 5.74) is 2.41. The van der Waals surface area contributed by atoms with Gasteiger partial charge in [-0.25, -0.2) is 14.4 Å². The van der Waals surface area contributed by atoms with Crippen molar-refractivity contribution >= 4 is 11.8 Å². The van der Waals surface area contributed by atoms with Gasteiger partial charge in [-0.15, -0.1) is 0 Å². The van der Waals surface area contributed by atoms with E-state index >= 15 is 0 Å². The molecule has 2 aromatic carbocycles. The molecule has 1 aliphatic heterocycles. The second kappa shape index (κ2) is 13.8. The molecule has 2 amide bonds. The molecule has 2 heterocycles. The number of β-amino-alcohol motifs (C(OH)–C–C–N with tert-alkyl or cyclic N) is 1. The zero-order valence-corrected chi connectivity index (χ0v) is 23.1. The number of nitrogens with one attached hydrogen (secondary N) is 2. The number of hydrogen-bond acceptors (Lipinski definition) is 7. The van der Waals surface area contributed by atoms with E-state index in [-0.39, 0.29) is 24.2 Å². The Morgan fingerprint density at radius 2 is 1.71 bits per heavy atom. The Morgan fingerprint density at radius 3 is 2.39 bits per heavy atom. The highest BCUT2D eigenvalue weighted by atomic mass is 19.1. The monoisotopic (exact) mass is 560 g/mol. The van der Waals surface area contributed by atoms with Gasteiger partial charge in [-0.1, -0.05) is 24.3 Å². The lowest BCUT2D eigenvalue weighted by molar-refractivity contribution is -0.135. The second-order valence-electron chi connectivity index (χ2n) is 10.7. The number of aliphatic hydroxyl groups excluding tert-OH is 1. The SMILES string of the molecule is O=C(NC(CCCN[C@@H]1C[C@H]1c1ccc(F)cc1)C(=O)N1CCN(CCO)CC1)c1ccc(-c2ncccn2)cc1. The molecule has 9 nitrogen and oxygen atoms in total. The molecule has 3 aromatic rings. The van der Waals surface area contributed by atoms with Crippen LogP contribution >= 0.6 is 0 Å². The lowest BCUT2D eigenvalue weighted by Crippen LogP contribution is -2.55. The Morgan fingerprint density at radius 1 is 1.00 bits per heavy atom. The number of hydrogen-bond donors (Lipinski definition) is 3. The summed E-state index contributed by atoms with van der Waals surface area (Å²) in [6.07, 6.45) is 5.58. The fourth-order valence-electron chi connectivity index (χ4n) is 5.36. The van der Waals surface area contributed by atoms with Gasteiger partial charge >= 0.3 is 0 Å². The number of piperazine rings is 1. The largest absolute Gasteiger partial charge is 0.395 e. The van der Waals surface area contributed by atoms with Crippen LogP contribution in [0.1, 0.15) is 41.1 Å². The fourth-order valence-corrected chi connectivity index (χ4v) is 5.36. The highest BCUT2D eigenvalue weighted by molar-refractivity contribution is 5.97. The third-order valence-corrected chi connectivity index (χ3v) is 7.84. The van der Waals surface area contributed by atoms with Crippen molar-refractivity contribution in [3.63, 3.8) is 0 Å². The van der Waals surface area contributed by atoms with Crippen molar-refractivity contribution in [2.75, 3.05) is 45.9 Å². The Labute approximate surface area is 239 Å². The van der Waals surface area contributed by atoms with E-state index < -0.39 is 6.04 Å². The van der Waals surface area contributed by atoms with Gasteiger partial charge in [0, 0.05) is 68.2 Å². The van der Waals surface area contributed by atoms with E-state index in [1.54, 1.807) is 42.7 Å². The van der Waals surface area contributed by atoms with Gasteiger partial charge in [0.1, 0.15) is 11.9 Å². The maximum atomic E-state index is 13.5. The fraction of sp³-hybridized carbons (Fsp3) is 0.419. The quantitative estimate of drug-likeness (QED) is 0.292. The van der Waals surface area contributed by atoms with Crippen molar-refractivity contribution < 1.29 is 19.1 Å². The Kier molecular flexibility index (Phi) is 9.66. The average Bonchev–Trinajstić information content (AvgIpc) is 3.79. The molecule has 0 radical (unpaired) electrons. The predicted octanol–water partition coefficient (Wildman–Crippen LogP) is 2.44. The second-order valence-corrected chi connectivity index (χ2v) is 10.7. The zero-order valence-electron chi connectivity index (χ0n) is 23.1. The van der Waals surface area contributed by atoms with Crippen molar-refractivity contribution in [3.8, 4) is 11.4 Å². The minimum atomic E-state index is -0.641. The molecule has 1 aliphatic carbocycles. The first-order valence-corrected chi connectivity index (χ1v) is 14.3. The summed E-state index contributed by atoms with van der Waals surface area (Å²) in [4.78, 5) is 39.2. The number of halogens is 1.